The molecule has 0 amide bonds. The van der Waals surface area contributed by atoms with E-state index in [0.717, 1.165) is 17.9 Å². The molecule has 0 aromatic heterocycles. The smallest absolute Gasteiger partial charge is 0.119 e. The molecule has 2 rings (SSSR count). The van der Waals surface area contributed by atoms with Crippen molar-refractivity contribution < 1.29 is 4.74 Å². The Morgan fingerprint density at radius 1 is 1.10 bits per heavy atom. The summed E-state index contributed by atoms with van der Waals surface area (Å²) >= 11 is 0. The van der Waals surface area contributed by atoms with Crippen LogP contribution in [0.5, 0.6) is 5.75 Å². The first kappa shape index (κ1) is 14.1. The molecular weight excluding hydrogens is 248 g/mol. The molecule has 3 heteroatoms. The first-order valence-electron chi connectivity index (χ1n) is 6.64. The molecule has 102 valence electrons. The Hall–Kier alpha value is -2.31. The van der Waals surface area contributed by atoms with E-state index in [4.69, 9.17) is 4.74 Å². The van der Waals surface area contributed by atoms with Gasteiger partial charge in [0.2, 0.25) is 0 Å². The largest absolute Gasteiger partial charge is 0.492 e. The molecule has 3 nitrogen and oxygen atoms in total. The summed E-state index contributed by atoms with van der Waals surface area (Å²) in [7, 11) is 1.92. The van der Waals surface area contributed by atoms with Crippen LogP contribution in [0.3, 0.4) is 0 Å². The van der Waals surface area contributed by atoms with Gasteiger partial charge in [-0.25, -0.2) is 0 Å². The molecule has 0 radical (unpaired) electrons. The van der Waals surface area contributed by atoms with E-state index < -0.39 is 0 Å². The fourth-order valence-corrected chi connectivity index (χ4v) is 1.98. The zero-order valence-electron chi connectivity index (χ0n) is 11.5. The molecule has 2 aromatic rings. The number of nitriles is 1. The molecule has 1 atom stereocenters. The van der Waals surface area contributed by atoms with Crippen LogP contribution in [0, 0.1) is 11.3 Å². The minimum absolute atomic E-state index is 0.242. The highest BCUT2D eigenvalue weighted by Gasteiger charge is 2.10. The van der Waals surface area contributed by atoms with E-state index in [9.17, 15) is 5.26 Å². The lowest BCUT2D eigenvalue weighted by Crippen LogP contribution is -2.09. The summed E-state index contributed by atoms with van der Waals surface area (Å²) in [5, 5.41) is 12.3. The third-order valence-corrected chi connectivity index (χ3v) is 3.08. The Labute approximate surface area is 119 Å². The Morgan fingerprint density at radius 3 is 2.40 bits per heavy atom. The molecule has 0 saturated heterocycles. The first-order chi connectivity index (χ1) is 9.83. The number of rotatable bonds is 6. The van der Waals surface area contributed by atoms with E-state index in [1.165, 1.54) is 5.56 Å². The van der Waals surface area contributed by atoms with Gasteiger partial charge in [-0.3, -0.25) is 0 Å². The van der Waals surface area contributed by atoms with E-state index >= 15 is 0 Å². The molecule has 0 aliphatic carbocycles. The van der Waals surface area contributed by atoms with Crippen LogP contribution in [0.2, 0.25) is 0 Å². The van der Waals surface area contributed by atoms with Gasteiger partial charge < -0.3 is 10.1 Å². The van der Waals surface area contributed by atoms with E-state index in [-0.39, 0.29) is 5.92 Å². The van der Waals surface area contributed by atoms with Gasteiger partial charge in [-0.1, -0.05) is 42.5 Å². The van der Waals surface area contributed by atoms with Gasteiger partial charge in [-0.2, -0.15) is 5.26 Å². The van der Waals surface area contributed by atoms with Gasteiger partial charge in [-0.05, 0) is 30.3 Å². The highest BCUT2D eigenvalue weighted by atomic mass is 16.5. The van der Waals surface area contributed by atoms with Crippen LogP contribution in [0.15, 0.2) is 54.6 Å². The van der Waals surface area contributed by atoms with E-state index in [1.807, 2.05) is 61.6 Å². The minimum atomic E-state index is -0.242. The van der Waals surface area contributed by atoms with Gasteiger partial charge in [0.25, 0.3) is 0 Å². The van der Waals surface area contributed by atoms with Crippen molar-refractivity contribution in [3.63, 3.8) is 0 Å². The lowest BCUT2D eigenvalue weighted by Gasteiger charge is -2.12. The van der Waals surface area contributed by atoms with Crippen LogP contribution < -0.4 is 10.1 Å². The fourth-order valence-electron chi connectivity index (χ4n) is 1.98. The summed E-state index contributed by atoms with van der Waals surface area (Å²) < 4.78 is 5.70. The molecule has 0 aliphatic heterocycles. The topological polar surface area (TPSA) is 45.0 Å². The zero-order valence-corrected chi connectivity index (χ0v) is 11.5. The fraction of sp³-hybridized carbons (Fsp3) is 0.235. The molecule has 0 saturated carbocycles. The summed E-state index contributed by atoms with van der Waals surface area (Å²) in [6.45, 7) is 1.21. The molecule has 0 aliphatic rings. The van der Waals surface area contributed by atoms with Crippen LogP contribution >= 0.6 is 0 Å². The van der Waals surface area contributed by atoms with Crippen LogP contribution in [0.4, 0.5) is 0 Å². The van der Waals surface area contributed by atoms with Crippen molar-refractivity contribution in [3.8, 4) is 11.8 Å². The predicted octanol–water partition coefficient (Wildman–Crippen LogP) is 3.09. The third-order valence-electron chi connectivity index (χ3n) is 3.08. The first-order valence-corrected chi connectivity index (χ1v) is 6.64. The lowest BCUT2D eigenvalue weighted by atomic mass is 10.0. The molecule has 0 heterocycles. The van der Waals surface area contributed by atoms with Gasteiger partial charge in [-0.15, -0.1) is 0 Å². The molecule has 1 N–H and O–H groups in total. The summed E-state index contributed by atoms with van der Waals surface area (Å²) in [6.07, 6.45) is 0. The maximum absolute atomic E-state index is 9.23. The van der Waals surface area contributed by atoms with Crippen LogP contribution in [0.1, 0.15) is 17.0 Å². The van der Waals surface area contributed by atoms with Gasteiger partial charge in [0.1, 0.15) is 18.3 Å². The molecule has 0 fully saturated rings. The minimum Gasteiger partial charge on any atom is -0.492 e. The maximum Gasteiger partial charge on any atom is 0.119 e. The van der Waals surface area contributed by atoms with Crippen molar-refractivity contribution in [2.24, 2.45) is 0 Å². The molecule has 2 aromatic carbocycles. The third kappa shape index (κ3) is 3.84. The number of nitrogens with zero attached hydrogens (tertiary/aromatic N) is 1. The second kappa shape index (κ2) is 7.32. The molecule has 0 bridgehead atoms. The number of benzene rings is 2. The normalized spacial score (nSPS) is 11.6. The standard InChI is InChI=1S/C17H18N2O/c1-19-12-14-7-9-17(10-8-14)20-13-16(11-18)15-5-3-2-4-6-15/h2-10,16,19H,12-13H2,1H3. The maximum atomic E-state index is 9.23. The zero-order chi connectivity index (χ0) is 14.2. The predicted molar refractivity (Wildman–Crippen MR) is 79.5 cm³/mol. The van der Waals surface area contributed by atoms with Crippen molar-refractivity contribution in [1.29, 1.82) is 5.26 Å². The average Bonchev–Trinajstić information content (AvgIpc) is 2.51. The van der Waals surface area contributed by atoms with Crippen molar-refractivity contribution in [1.82, 2.24) is 5.32 Å². The van der Waals surface area contributed by atoms with E-state index in [1.54, 1.807) is 0 Å². The van der Waals surface area contributed by atoms with Crippen LogP contribution in [-0.2, 0) is 6.54 Å². The van der Waals surface area contributed by atoms with Gasteiger partial charge in [0.05, 0.1) is 6.07 Å². The average molecular weight is 266 g/mol. The lowest BCUT2D eigenvalue weighted by molar-refractivity contribution is 0.308. The molecule has 20 heavy (non-hydrogen) atoms. The second-order valence-corrected chi connectivity index (χ2v) is 4.58. The number of nitrogens with one attached hydrogen (secondary N) is 1. The Morgan fingerprint density at radius 2 is 1.80 bits per heavy atom. The van der Waals surface area contributed by atoms with Crippen molar-refractivity contribution in [2.45, 2.75) is 12.5 Å². The highest BCUT2D eigenvalue weighted by molar-refractivity contribution is 5.29. The number of hydrogen-bond donors (Lipinski definition) is 1. The van der Waals surface area contributed by atoms with E-state index in [0.29, 0.717) is 6.61 Å². The van der Waals surface area contributed by atoms with Crippen LogP contribution in [0.25, 0.3) is 0 Å². The Balaban J connectivity index is 1.95. The van der Waals surface area contributed by atoms with Crippen LogP contribution in [-0.4, -0.2) is 13.7 Å². The molecule has 1 unspecified atom stereocenters. The second-order valence-electron chi connectivity index (χ2n) is 4.58. The molecular formula is C17H18N2O. The van der Waals surface area contributed by atoms with Gasteiger partial charge in [0.15, 0.2) is 0 Å². The summed E-state index contributed by atoms with van der Waals surface area (Å²) in [5.41, 5.74) is 2.20. The van der Waals surface area contributed by atoms with E-state index in [2.05, 4.69) is 11.4 Å². The van der Waals surface area contributed by atoms with Crippen molar-refractivity contribution in [2.75, 3.05) is 13.7 Å². The summed E-state index contributed by atoms with van der Waals surface area (Å²) in [4.78, 5) is 0. The monoisotopic (exact) mass is 266 g/mol. The molecule has 0 spiro atoms. The summed E-state index contributed by atoms with van der Waals surface area (Å²) in [5.74, 6) is 0.550. The number of hydrogen-bond acceptors (Lipinski definition) is 3. The Kier molecular flexibility index (Phi) is 5.16. The van der Waals surface area contributed by atoms with Crippen molar-refractivity contribution in [3.05, 3.63) is 65.7 Å². The van der Waals surface area contributed by atoms with Crippen molar-refractivity contribution >= 4 is 0 Å². The quantitative estimate of drug-likeness (QED) is 0.874. The summed E-state index contributed by atoms with van der Waals surface area (Å²) in [6, 6.07) is 19.9. The highest BCUT2D eigenvalue weighted by Crippen LogP contribution is 2.18. The Bertz CT molecular complexity index is 558. The number of ether oxygens (including phenoxy) is 1. The van der Waals surface area contributed by atoms with Gasteiger partial charge in [0, 0.05) is 6.54 Å². The van der Waals surface area contributed by atoms with Gasteiger partial charge >= 0.3 is 0 Å². The SMILES string of the molecule is CNCc1ccc(OCC(C#N)c2ccccc2)cc1.